The molecule has 2 unspecified atom stereocenters. The van der Waals surface area contributed by atoms with Crippen molar-refractivity contribution in [2.24, 2.45) is 5.92 Å². The second-order valence-electron chi connectivity index (χ2n) is 8.26. The highest BCUT2D eigenvalue weighted by Crippen LogP contribution is 2.36. The van der Waals surface area contributed by atoms with Gasteiger partial charge >= 0.3 is 12.4 Å². The van der Waals surface area contributed by atoms with Crippen LogP contribution in [0.25, 0.3) is 10.6 Å². The lowest BCUT2D eigenvalue weighted by atomic mass is 9.97. The van der Waals surface area contributed by atoms with Gasteiger partial charge < -0.3 is 10.1 Å². The lowest BCUT2D eigenvalue weighted by Gasteiger charge is -2.23. The Kier molecular flexibility index (Phi) is 8.65. The van der Waals surface area contributed by atoms with Crippen LogP contribution in [-0.4, -0.2) is 35.2 Å². The Bertz CT molecular complexity index is 1260. The molecule has 2 atom stereocenters. The van der Waals surface area contributed by atoms with Gasteiger partial charge in [-0.25, -0.2) is 0 Å². The molecular weight excluding hydrogens is 538 g/mol. The molecule has 0 saturated heterocycles. The molecule has 2 amide bonds. The van der Waals surface area contributed by atoms with Crippen LogP contribution < -0.4 is 15.4 Å². The van der Waals surface area contributed by atoms with Crippen molar-refractivity contribution in [1.82, 2.24) is 15.5 Å². The quantitative estimate of drug-likeness (QED) is 0.328. The number of carbonyl (C=O) groups is 2. The minimum Gasteiger partial charge on any atom is -0.497 e. The number of hydrogen-bond donors (Lipinski definition) is 2. The van der Waals surface area contributed by atoms with E-state index in [9.17, 15) is 35.9 Å². The SMILES string of the molecule is CCC(C)C(NC(=O)c1cc(C(F)(F)F)cc(C(F)(F)F)c1)C(=O)Nc1nnc(-c2ccc(OC)cc2)s1. The number of rotatable bonds is 8. The topological polar surface area (TPSA) is 93.2 Å². The van der Waals surface area contributed by atoms with Crippen molar-refractivity contribution < 1.29 is 40.7 Å². The maximum atomic E-state index is 13.2. The summed E-state index contributed by atoms with van der Waals surface area (Å²) in [5.74, 6) is -1.92. The summed E-state index contributed by atoms with van der Waals surface area (Å²) in [6.45, 7) is 3.30. The number of methoxy groups -OCH3 is 1. The Morgan fingerprint density at radius 2 is 1.55 bits per heavy atom. The minimum absolute atomic E-state index is 0.0779. The lowest BCUT2D eigenvalue weighted by Crippen LogP contribution is -2.47. The third-order valence-corrected chi connectivity index (χ3v) is 6.51. The van der Waals surface area contributed by atoms with E-state index < -0.39 is 52.8 Å². The van der Waals surface area contributed by atoms with E-state index in [0.29, 0.717) is 34.9 Å². The fourth-order valence-corrected chi connectivity index (χ4v) is 4.07. The molecule has 1 heterocycles. The highest BCUT2D eigenvalue weighted by Gasteiger charge is 2.38. The van der Waals surface area contributed by atoms with Crippen LogP contribution in [0.15, 0.2) is 42.5 Å². The first kappa shape index (κ1) is 28.9. The lowest BCUT2D eigenvalue weighted by molar-refractivity contribution is -0.143. The zero-order valence-corrected chi connectivity index (χ0v) is 21.0. The molecule has 14 heteroatoms. The number of carbonyl (C=O) groups excluding carboxylic acids is 2. The molecule has 3 rings (SSSR count). The van der Waals surface area contributed by atoms with Gasteiger partial charge in [-0.3, -0.25) is 14.9 Å². The fraction of sp³-hybridized carbons (Fsp3) is 0.333. The van der Waals surface area contributed by atoms with E-state index >= 15 is 0 Å². The zero-order chi connectivity index (χ0) is 28.3. The average molecular weight is 561 g/mol. The summed E-state index contributed by atoms with van der Waals surface area (Å²) < 4.78 is 84.3. The van der Waals surface area contributed by atoms with Gasteiger partial charge in [0.05, 0.1) is 18.2 Å². The van der Waals surface area contributed by atoms with Crippen molar-refractivity contribution in [2.75, 3.05) is 12.4 Å². The molecule has 0 aliphatic rings. The number of nitrogens with zero attached hydrogens (tertiary/aromatic N) is 2. The number of nitrogens with one attached hydrogen (secondary N) is 2. The first-order valence-electron chi connectivity index (χ1n) is 11.1. The molecule has 0 saturated carbocycles. The second kappa shape index (κ2) is 11.4. The number of anilines is 1. The van der Waals surface area contributed by atoms with Crippen LogP contribution >= 0.6 is 11.3 Å². The van der Waals surface area contributed by atoms with Crippen LogP contribution in [-0.2, 0) is 17.1 Å². The van der Waals surface area contributed by atoms with Crippen LogP contribution in [0.1, 0.15) is 41.8 Å². The van der Waals surface area contributed by atoms with Crippen LogP contribution in [0, 0.1) is 5.92 Å². The van der Waals surface area contributed by atoms with E-state index in [1.165, 1.54) is 7.11 Å². The van der Waals surface area contributed by atoms with Crippen molar-refractivity contribution in [2.45, 2.75) is 38.7 Å². The first-order valence-corrected chi connectivity index (χ1v) is 11.9. The predicted octanol–water partition coefficient (Wildman–Crippen LogP) is 6.03. The van der Waals surface area contributed by atoms with Crippen molar-refractivity contribution in [3.05, 3.63) is 59.2 Å². The summed E-state index contributed by atoms with van der Waals surface area (Å²) in [6.07, 6.45) is -9.88. The Labute approximate surface area is 217 Å². The highest BCUT2D eigenvalue weighted by molar-refractivity contribution is 7.18. The van der Waals surface area contributed by atoms with Crippen LogP contribution in [0.5, 0.6) is 5.75 Å². The Balaban J connectivity index is 1.83. The summed E-state index contributed by atoms with van der Waals surface area (Å²) >= 11 is 1.03. The largest absolute Gasteiger partial charge is 0.497 e. The van der Waals surface area contributed by atoms with E-state index in [1.807, 2.05) is 0 Å². The maximum absolute atomic E-state index is 13.2. The van der Waals surface area contributed by atoms with Gasteiger partial charge in [-0.15, -0.1) is 10.2 Å². The van der Waals surface area contributed by atoms with Crippen LogP contribution in [0.4, 0.5) is 31.5 Å². The zero-order valence-electron chi connectivity index (χ0n) is 20.2. The van der Waals surface area contributed by atoms with E-state index in [1.54, 1.807) is 38.1 Å². The molecule has 204 valence electrons. The normalized spacial score (nSPS) is 13.5. The van der Waals surface area contributed by atoms with Gasteiger partial charge in [0, 0.05) is 11.1 Å². The number of benzene rings is 2. The van der Waals surface area contributed by atoms with Crippen molar-refractivity contribution in [3.63, 3.8) is 0 Å². The molecule has 0 spiro atoms. The van der Waals surface area contributed by atoms with E-state index in [2.05, 4.69) is 20.8 Å². The Morgan fingerprint density at radius 3 is 2.05 bits per heavy atom. The number of halogens is 6. The third-order valence-electron chi connectivity index (χ3n) is 5.62. The molecule has 0 bridgehead atoms. The molecule has 2 aromatic carbocycles. The van der Waals surface area contributed by atoms with Gasteiger partial charge in [0.1, 0.15) is 16.8 Å². The van der Waals surface area contributed by atoms with Gasteiger partial charge in [-0.2, -0.15) is 26.3 Å². The molecule has 2 N–H and O–H groups in total. The van der Waals surface area contributed by atoms with E-state index in [0.717, 1.165) is 11.3 Å². The number of amides is 2. The van der Waals surface area contributed by atoms with Gasteiger partial charge in [0.25, 0.3) is 5.91 Å². The summed E-state index contributed by atoms with van der Waals surface area (Å²) in [5, 5.41) is 13.2. The number of ether oxygens (including phenoxy) is 1. The first-order chi connectivity index (χ1) is 17.7. The number of hydrogen-bond acceptors (Lipinski definition) is 6. The van der Waals surface area contributed by atoms with Crippen molar-refractivity contribution in [1.29, 1.82) is 0 Å². The number of aromatic nitrogens is 2. The van der Waals surface area contributed by atoms with E-state index in [-0.39, 0.29) is 11.2 Å². The standard InChI is InChI=1S/C24H22F6N4O3S/c1-4-12(2)18(20(36)32-22-34-33-21(38-22)13-5-7-17(37-3)8-6-13)31-19(35)14-9-15(23(25,26)27)11-16(10-14)24(28,29)30/h5-12,18H,4H2,1-3H3,(H,31,35)(H,32,34,36). The summed E-state index contributed by atoms with van der Waals surface area (Å²) in [5.41, 5.74) is -3.46. The van der Waals surface area contributed by atoms with E-state index in [4.69, 9.17) is 4.74 Å². The summed E-state index contributed by atoms with van der Waals surface area (Å²) in [7, 11) is 1.52. The van der Waals surface area contributed by atoms with Crippen molar-refractivity contribution in [3.8, 4) is 16.3 Å². The molecular formula is C24H22F6N4O3S. The molecule has 3 aromatic rings. The third kappa shape index (κ3) is 7.00. The van der Waals surface area contributed by atoms with Gasteiger partial charge in [-0.1, -0.05) is 31.6 Å². The molecule has 0 radical (unpaired) electrons. The van der Waals surface area contributed by atoms with Crippen LogP contribution in [0.3, 0.4) is 0 Å². The summed E-state index contributed by atoms with van der Waals surface area (Å²) in [6, 6.07) is 6.14. The van der Waals surface area contributed by atoms with Gasteiger partial charge in [0.15, 0.2) is 0 Å². The minimum atomic E-state index is -5.12. The molecule has 0 fully saturated rings. The molecule has 0 aliphatic heterocycles. The summed E-state index contributed by atoms with van der Waals surface area (Å²) in [4.78, 5) is 25.8. The molecule has 1 aromatic heterocycles. The second-order valence-corrected chi connectivity index (χ2v) is 9.24. The van der Waals surface area contributed by atoms with Gasteiger partial charge in [0.2, 0.25) is 11.0 Å². The highest BCUT2D eigenvalue weighted by atomic mass is 32.1. The van der Waals surface area contributed by atoms with Gasteiger partial charge in [-0.05, 0) is 48.4 Å². The maximum Gasteiger partial charge on any atom is 0.416 e. The fourth-order valence-electron chi connectivity index (χ4n) is 3.32. The Hall–Kier alpha value is -3.68. The van der Waals surface area contributed by atoms with Crippen LogP contribution in [0.2, 0.25) is 0 Å². The smallest absolute Gasteiger partial charge is 0.416 e. The Morgan fingerprint density at radius 1 is 0.974 bits per heavy atom. The molecule has 38 heavy (non-hydrogen) atoms. The predicted molar refractivity (Wildman–Crippen MR) is 128 cm³/mol. The monoisotopic (exact) mass is 560 g/mol. The molecule has 0 aliphatic carbocycles. The van der Waals surface area contributed by atoms with Crippen molar-refractivity contribution >= 4 is 28.3 Å². The average Bonchev–Trinajstić information content (AvgIpc) is 3.33. The number of alkyl halides is 6. The molecule has 7 nitrogen and oxygen atoms in total.